The van der Waals surface area contributed by atoms with Gasteiger partial charge in [-0.3, -0.25) is 9.59 Å². The Hall–Kier alpha value is -1.10. The Bertz CT molecular complexity index is 341. The number of amides is 2. The summed E-state index contributed by atoms with van der Waals surface area (Å²) in [6.07, 6.45) is 1.98. The molecular formula is C13H25N3O2. The Morgan fingerprint density at radius 3 is 2.11 bits per heavy atom. The van der Waals surface area contributed by atoms with Crippen LogP contribution >= 0.6 is 0 Å². The largest absolute Gasteiger partial charge is 0.350 e. The zero-order valence-corrected chi connectivity index (χ0v) is 12.0. The van der Waals surface area contributed by atoms with Crippen LogP contribution in [-0.4, -0.2) is 28.9 Å². The SMILES string of the molecule is CC(NC(=O)C(C)(N)C1CC1)C(=O)NC(C)(C)C. The maximum absolute atomic E-state index is 12.0. The Balaban J connectivity index is 2.51. The van der Waals surface area contributed by atoms with E-state index in [0.29, 0.717) is 0 Å². The lowest BCUT2D eigenvalue weighted by atomic mass is 9.96. The second-order valence-corrected chi connectivity index (χ2v) is 6.49. The standard InChI is InChI=1S/C13H25N3O2/c1-8(10(17)16-12(2,3)4)15-11(18)13(5,14)9-6-7-9/h8-9H,6-7,14H2,1-5H3,(H,15,18)(H,16,17). The van der Waals surface area contributed by atoms with Crippen molar-refractivity contribution in [2.75, 3.05) is 0 Å². The molecule has 0 aromatic heterocycles. The highest BCUT2D eigenvalue weighted by atomic mass is 16.2. The third-order valence-electron chi connectivity index (χ3n) is 3.15. The van der Waals surface area contributed by atoms with Crippen molar-refractivity contribution in [1.29, 1.82) is 0 Å². The fourth-order valence-electron chi connectivity index (χ4n) is 1.76. The predicted molar refractivity (Wildman–Crippen MR) is 70.8 cm³/mol. The van der Waals surface area contributed by atoms with E-state index in [2.05, 4.69) is 10.6 Å². The normalized spacial score (nSPS) is 20.8. The van der Waals surface area contributed by atoms with Gasteiger partial charge in [0.2, 0.25) is 11.8 Å². The van der Waals surface area contributed by atoms with Gasteiger partial charge in [-0.05, 0) is 53.4 Å². The van der Waals surface area contributed by atoms with Gasteiger partial charge in [0.05, 0.1) is 5.54 Å². The van der Waals surface area contributed by atoms with E-state index in [0.717, 1.165) is 12.8 Å². The number of nitrogens with two attached hydrogens (primary N) is 1. The van der Waals surface area contributed by atoms with Crippen LogP contribution in [0.25, 0.3) is 0 Å². The van der Waals surface area contributed by atoms with Crippen LogP contribution in [0.2, 0.25) is 0 Å². The summed E-state index contributed by atoms with van der Waals surface area (Å²) < 4.78 is 0. The highest BCUT2D eigenvalue weighted by molar-refractivity contribution is 5.92. The molecule has 0 heterocycles. The molecule has 2 atom stereocenters. The average Bonchev–Trinajstić information content (AvgIpc) is 2.97. The molecule has 2 amide bonds. The van der Waals surface area contributed by atoms with Crippen molar-refractivity contribution >= 4 is 11.8 Å². The summed E-state index contributed by atoms with van der Waals surface area (Å²) in [4.78, 5) is 23.9. The lowest BCUT2D eigenvalue weighted by Gasteiger charge is -2.27. The number of hydrogen-bond donors (Lipinski definition) is 3. The minimum Gasteiger partial charge on any atom is -0.350 e. The molecule has 5 heteroatoms. The van der Waals surface area contributed by atoms with Crippen LogP contribution < -0.4 is 16.4 Å². The molecule has 0 aromatic carbocycles. The smallest absolute Gasteiger partial charge is 0.242 e. The zero-order valence-electron chi connectivity index (χ0n) is 12.0. The lowest BCUT2D eigenvalue weighted by molar-refractivity contribution is -0.132. The first-order valence-electron chi connectivity index (χ1n) is 6.46. The van der Waals surface area contributed by atoms with E-state index in [1.165, 1.54) is 0 Å². The number of rotatable bonds is 4. The molecule has 0 radical (unpaired) electrons. The zero-order chi connectivity index (χ0) is 14.1. The molecule has 2 unspecified atom stereocenters. The van der Waals surface area contributed by atoms with E-state index in [-0.39, 0.29) is 23.3 Å². The maximum Gasteiger partial charge on any atom is 0.242 e. The van der Waals surface area contributed by atoms with Crippen LogP contribution in [-0.2, 0) is 9.59 Å². The third-order valence-corrected chi connectivity index (χ3v) is 3.15. The number of hydrogen-bond acceptors (Lipinski definition) is 3. The minimum atomic E-state index is -0.865. The first-order valence-corrected chi connectivity index (χ1v) is 6.46. The Morgan fingerprint density at radius 2 is 1.72 bits per heavy atom. The molecule has 0 spiro atoms. The van der Waals surface area contributed by atoms with Crippen LogP contribution in [0.5, 0.6) is 0 Å². The molecule has 1 fully saturated rings. The third kappa shape index (κ3) is 3.98. The van der Waals surface area contributed by atoms with Gasteiger partial charge in [-0.25, -0.2) is 0 Å². The molecule has 1 aliphatic carbocycles. The Morgan fingerprint density at radius 1 is 1.22 bits per heavy atom. The fraction of sp³-hybridized carbons (Fsp3) is 0.846. The van der Waals surface area contributed by atoms with E-state index in [9.17, 15) is 9.59 Å². The quantitative estimate of drug-likeness (QED) is 0.685. The van der Waals surface area contributed by atoms with Gasteiger partial charge in [0.25, 0.3) is 0 Å². The summed E-state index contributed by atoms with van der Waals surface area (Å²) in [6, 6.07) is -0.571. The lowest BCUT2D eigenvalue weighted by Crippen LogP contribution is -2.58. The van der Waals surface area contributed by atoms with Gasteiger partial charge < -0.3 is 16.4 Å². The number of carbonyl (C=O) groups excluding carboxylic acids is 2. The van der Waals surface area contributed by atoms with E-state index >= 15 is 0 Å². The number of nitrogens with one attached hydrogen (secondary N) is 2. The molecule has 5 nitrogen and oxygen atoms in total. The summed E-state index contributed by atoms with van der Waals surface area (Å²) in [6.45, 7) is 9.10. The van der Waals surface area contributed by atoms with Crippen molar-refractivity contribution < 1.29 is 9.59 Å². The highest BCUT2D eigenvalue weighted by Crippen LogP contribution is 2.38. The summed E-state index contributed by atoms with van der Waals surface area (Å²) >= 11 is 0. The molecule has 18 heavy (non-hydrogen) atoms. The van der Waals surface area contributed by atoms with Gasteiger partial charge >= 0.3 is 0 Å². The highest BCUT2D eigenvalue weighted by Gasteiger charge is 2.44. The van der Waals surface area contributed by atoms with E-state index < -0.39 is 11.6 Å². The van der Waals surface area contributed by atoms with Gasteiger partial charge in [-0.1, -0.05) is 0 Å². The topological polar surface area (TPSA) is 84.2 Å². The van der Waals surface area contributed by atoms with Crippen molar-refractivity contribution in [3.8, 4) is 0 Å². The van der Waals surface area contributed by atoms with Gasteiger partial charge in [0, 0.05) is 5.54 Å². The molecule has 4 N–H and O–H groups in total. The fourth-order valence-corrected chi connectivity index (χ4v) is 1.76. The van der Waals surface area contributed by atoms with E-state index in [4.69, 9.17) is 5.73 Å². The van der Waals surface area contributed by atoms with Gasteiger partial charge in [0.15, 0.2) is 0 Å². The predicted octanol–water partition coefficient (Wildman–Crippen LogP) is 0.533. The monoisotopic (exact) mass is 255 g/mol. The summed E-state index contributed by atoms with van der Waals surface area (Å²) in [5, 5.41) is 5.51. The summed E-state index contributed by atoms with van der Waals surface area (Å²) in [7, 11) is 0. The number of carbonyl (C=O) groups is 2. The maximum atomic E-state index is 12.0. The van der Waals surface area contributed by atoms with Crippen molar-refractivity contribution in [3.05, 3.63) is 0 Å². The minimum absolute atomic E-state index is 0.192. The molecule has 1 rings (SSSR count). The summed E-state index contributed by atoms with van der Waals surface area (Å²) in [5.74, 6) is -0.195. The molecule has 1 aliphatic rings. The molecule has 0 bridgehead atoms. The first-order chi connectivity index (χ1) is 8.04. The van der Waals surface area contributed by atoms with E-state index in [1.807, 2.05) is 20.8 Å². The van der Waals surface area contributed by atoms with E-state index in [1.54, 1.807) is 13.8 Å². The van der Waals surface area contributed by atoms with Crippen LogP contribution in [0.1, 0.15) is 47.5 Å². The van der Waals surface area contributed by atoms with Crippen LogP contribution in [0, 0.1) is 5.92 Å². The molecule has 0 aliphatic heterocycles. The summed E-state index contributed by atoms with van der Waals surface area (Å²) in [5.41, 5.74) is 4.83. The van der Waals surface area contributed by atoms with Crippen molar-refractivity contribution in [1.82, 2.24) is 10.6 Å². The molecule has 1 saturated carbocycles. The van der Waals surface area contributed by atoms with Gasteiger partial charge in [0.1, 0.15) is 6.04 Å². The molecule has 0 saturated heterocycles. The second-order valence-electron chi connectivity index (χ2n) is 6.49. The Labute approximate surface area is 109 Å². The molecule has 0 aromatic rings. The van der Waals surface area contributed by atoms with Gasteiger partial charge in [-0.15, -0.1) is 0 Å². The second kappa shape index (κ2) is 4.88. The van der Waals surface area contributed by atoms with Crippen molar-refractivity contribution in [3.63, 3.8) is 0 Å². The molecular weight excluding hydrogens is 230 g/mol. The van der Waals surface area contributed by atoms with Crippen LogP contribution in [0.4, 0.5) is 0 Å². The van der Waals surface area contributed by atoms with Gasteiger partial charge in [-0.2, -0.15) is 0 Å². The van der Waals surface area contributed by atoms with Crippen molar-refractivity contribution in [2.24, 2.45) is 11.7 Å². The van der Waals surface area contributed by atoms with Crippen LogP contribution in [0.3, 0.4) is 0 Å². The Kier molecular flexibility index (Phi) is 4.05. The van der Waals surface area contributed by atoms with Crippen molar-refractivity contribution in [2.45, 2.75) is 64.6 Å². The van der Waals surface area contributed by atoms with Crippen LogP contribution in [0.15, 0.2) is 0 Å². The first kappa shape index (κ1) is 15.0. The molecule has 104 valence electrons. The average molecular weight is 255 g/mol.